The van der Waals surface area contributed by atoms with Crippen molar-refractivity contribution in [1.82, 2.24) is 19.9 Å². The normalized spacial score (nSPS) is 14.2. The van der Waals surface area contributed by atoms with Gasteiger partial charge in [0.05, 0.1) is 16.3 Å². The van der Waals surface area contributed by atoms with Gasteiger partial charge in [-0.25, -0.2) is 19.3 Å². The highest BCUT2D eigenvalue weighted by atomic mass is 35.5. The smallest absolute Gasteiger partial charge is 0.353 e. The molecule has 0 bridgehead atoms. The van der Waals surface area contributed by atoms with Gasteiger partial charge in [0, 0.05) is 62.0 Å². The lowest BCUT2D eigenvalue weighted by molar-refractivity contribution is -0.137. The van der Waals surface area contributed by atoms with Crippen molar-refractivity contribution in [2.75, 3.05) is 36.0 Å². The van der Waals surface area contributed by atoms with Crippen LogP contribution in [0.25, 0.3) is 22.6 Å². The van der Waals surface area contributed by atoms with E-state index < -0.39 is 17.6 Å². The molecule has 1 saturated heterocycles. The largest absolute Gasteiger partial charge is 0.419 e. The summed E-state index contributed by atoms with van der Waals surface area (Å²) >= 11 is 6.00. The zero-order valence-electron chi connectivity index (χ0n) is 18.8. The quantitative estimate of drug-likeness (QED) is 0.324. The van der Waals surface area contributed by atoms with E-state index in [0.717, 1.165) is 6.07 Å². The highest BCUT2D eigenvalue weighted by molar-refractivity contribution is 6.31. The van der Waals surface area contributed by atoms with Crippen LogP contribution in [0.3, 0.4) is 0 Å². The fraction of sp³-hybridized carbons (Fsp3) is 0.200. The van der Waals surface area contributed by atoms with Gasteiger partial charge < -0.3 is 9.80 Å². The van der Waals surface area contributed by atoms with Gasteiger partial charge in [0.25, 0.3) is 0 Å². The predicted molar refractivity (Wildman–Crippen MR) is 129 cm³/mol. The van der Waals surface area contributed by atoms with Crippen molar-refractivity contribution in [2.45, 2.75) is 6.18 Å². The number of hydrogen-bond acceptors (Lipinski definition) is 6. The molecule has 4 aromatic rings. The third kappa shape index (κ3) is 4.94. The van der Waals surface area contributed by atoms with E-state index >= 15 is 0 Å². The average molecular weight is 515 g/mol. The Kier molecular flexibility index (Phi) is 6.44. The third-order valence-corrected chi connectivity index (χ3v) is 6.13. The molecule has 0 spiro atoms. The van der Waals surface area contributed by atoms with Gasteiger partial charge in [-0.2, -0.15) is 13.2 Å². The molecule has 3 aromatic heterocycles. The topological polar surface area (TPSA) is 58.0 Å². The molecule has 0 aliphatic carbocycles. The van der Waals surface area contributed by atoms with Crippen molar-refractivity contribution >= 4 is 23.2 Å². The van der Waals surface area contributed by atoms with Crippen molar-refractivity contribution in [3.63, 3.8) is 0 Å². The van der Waals surface area contributed by atoms with Crippen molar-refractivity contribution < 1.29 is 17.6 Å². The number of anilines is 2. The second-order valence-corrected chi connectivity index (χ2v) is 8.56. The Morgan fingerprint density at radius 3 is 2.28 bits per heavy atom. The summed E-state index contributed by atoms with van der Waals surface area (Å²) in [6.45, 7) is 1.48. The highest BCUT2D eigenvalue weighted by Gasteiger charge is 2.36. The molecule has 0 N–H and O–H groups in total. The molecular formula is C25H19ClF4N6. The maximum atomic E-state index is 13.7. The van der Waals surface area contributed by atoms with Gasteiger partial charge in [0.15, 0.2) is 5.82 Å². The number of rotatable bonds is 4. The number of halogens is 5. The minimum absolute atomic E-state index is 0.0277. The van der Waals surface area contributed by atoms with Crippen LogP contribution in [0, 0.1) is 5.82 Å². The average Bonchev–Trinajstić information content (AvgIpc) is 2.90. The lowest BCUT2D eigenvalue weighted by atomic mass is 10.1. The molecule has 11 heteroatoms. The van der Waals surface area contributed by atoms with E-state index in [0.29, 0.717) is 54.6 Å². The summed E-state index contributed by atoms with van der Waals surface area (Å²) in [6, 6.07) is 12.0. The lowest BCUT2D eigenvalue weighted by Crippen LogP contribution is -2.47. The molecular weight excluding hydrogens is 496 g/mol. The van der Waals surface area contributed by atoms with Crippen molar-refractivity contribution in [3.8, 4) is 22.6 Å². The Balaban J connectivity index is 1.46. The number of nitrogens with zero attached hydrogens (tertiary/aromatic N) is 6. The lowest BCUT2D eigenvalue weighted by Gasteiger charge is -2.37. The van der Waals surface area contributed by atoms with E-state index in [-0.39, 0.29) is 10.8 Å². The highest BCUT2D eigenvalue weighted by Crippen LogP contribution is 2.36. The van der Waals surface area contributed by atoms with Crippen LogP contribution in [-0.2, 0) is 6.18 Å². The van der Waals surface area contributed by atoms with Crippen molar-refractivity contribution in [2.24, 2.45) is 0 Å². The van der Waals surface area contributed by atoms with E-state index in [2.05, 4.69) is 15.0 Å². The molecule has 1 aliphatic rings. The Labute approximate surface area is 209 Å². The summed E-state index contributed by atoms with van der Waals surface area (Å²) in [5, 5.41) is -0.0277. The fourth-order valence-electron chi connectivity index (χ4n) is 4.04. The Morgan fingerprint density at radius 2 is 1.58 bits per heavy atom. The Hall–Kier alpha value is -3.79. The van der Waals surface area contributed by atoms with Crippen LogP contribution >= 0.6 is 11.6 Å². The summed E-state index contributed by atoms with van der Waals surface area (Å²) in [4.78, 5) is 21.1. The van der Waals surface area contributed by atoms with Crippen LogP contribution in [-0.4, -0.2) is 46.1 Å². The minimum Gasteiger partial charge on any atom is -0.353 e. The van der Waals surface area contributed by atoms with Crippen LogP contribution in [0.4, 0.5) is 29.2 Å². The summed E-state index contributed by atoms with van der Waals surface area (Å²) in [7, 11) is 0. The number of pyridine rings is 2. The molecule has 1 aromatic carbocycles. The number of benzene rings is 1. The van der Waals surface area contributed by atoms with Crippen LogP contribution in [0.2, 0.25) is 5.02 Å². The summed E-state index contributed by atoms with van der Waals surface area (Å²) in [6.07, 6.45) is 0.150. The molecule has 1 fully saturated rings. The first-order valence-corrected chi connectivity index (χ1v) is 11.4. The predicted octanol–water partition coefficient (Wildman–Crippen LogP) is 5.74. The Morgan fingerprint density at radius 1 is 0.833 bits per heavy atom. The first-order valence-electron chi connectivity index (χ1n) is 11.1. The first kappa shape index (κ1) is 23.9. The molecule has 6 nitrogen and oxygen atoms in total. The van der Waals surface area contributed by atoms with Gasteiger partial charge in [-0.15, -0.1) is 0 Å². The van der Waals surface area contributed by atoms with Gasteiger partial charge in [-0.3, -0.25) is 4.98 Å². The van der Waals surface area contributed by atoms with Crippen LogP contribution < -0.4 is 9.80 Å². The molecule has 0 saturated carbocycles. The third-order valence-electron chi connectivity index (χ3n) is 5.84. The van der Waals surface area contributed by atoms with Gasteiger partial charge >= 0.3 is 6.18 Å². The number of aromatic nitrogens is 4. The number of alkyl halides is 3. The molecule has 0 atom stereocenters. The molecule has 5 rings (SSSR count). The van der Waals surface area contributed by atoms with Crippen molar-refractivity contribution in [3.05, 3.63) is 83.5 Å². The molecule has 36 heavy (non-hydrogen) atoms. The molecule has 184 valence electrons. The summed E-state index contributed by atoms with van der Waals surface area (Å²) in [5.74, 6) is 0.398. The van der Waals surface area contributed by atoms with E-state index in [1.165, 1.54) is 24.4 Å². The van der Waals surface area contributed by atoms with Crippen molar-refractivity contribution in [1.29, 1.82) is 0 Å². The van der Waals surface area contributed by atoms with Crippen LogP contribution in [0.5, 0.6) is 0 Å². The summed E-state index contributed by atoms with van der Waals surface area (Å²) < 4.78 is 54.2. The molecule has 0 radical (unpaired) electrons. The molecule has 1 aliphatic heterocycles. The molecule has 0 unspecified atom stereocenters. The van der Waals surface area contributed by atoms with E-state index in [1.54, 1.807) is 35.5 Å². The SMILES string of the molecule is Fc1ccc(-c2cc(N3CCN(c4ncccc4C(F)(F)F)CC3)nc(-c3cccnc3)n2)cc1Cl. The fourth-order valence-corrected chi connectivity index (χ4v) is 4.22. The van der Waals surface area contributed by atoms with E-state index in [9.17, 15) is 17.6 Å². The van der Waals surface area contributed by atoms with Crippen LogP contribution in [0.15, 0.2) is 67.1 Å². The van der Waals surface area contributed by atoms with E-state index in [4.69, 9.17) is 16.6 Å². The number of hydrogen-bond donors (Lipinski definition) is 0. The Bertz CT molecular complexity index is 1370. The van der Waals surface area contributed by atoms with Gasteiger partial charge in [-0.05, 0) is 42.5 Å². The zero-order chi connectivity index (χ0) is 25.3. The maximum absolute atomic E-state index is 13.7. The zero-order valence-corrected chi connectivity index (χ0v) is 19.5. The van der Waals surface area contributed by atoms with Gasteiger partial charge in [-0.1, -0.05) is 11.6 Å². The maximum Gasteiger partial charge on any atom is 0.419 e. The van der Waals surface area contributed by atoms with Gasteiger partial charge in [0.2, 0.25) is 0 Å². The van der Waals surface area contributed by atoms with Gasteiger partial charge in [0.1, 0.15) is 17.5 Å². The summed E-state index contributed by atoms with van der Waals surface area (Å²) in [5.41, 5.74) is 1.08. The van der Waals surface area contributed by atoms with E-state index in [1.807, 2.05) is 11.0 Å². The number of piperazine rings is 1. The second kappa shape index (κ2) is 9.69. The standard InChI is InChI=1S/C25H19ClF4N6/c26-19-13-16(5-6-20(19)27)21-14-22(34-23(33-21)17-3-1-7-31-15-17)35-9-11-36(12-10-35)24-18(25(28,29)30)4-2-8-32-24/h1-8,13-15H,9-12H2. The van der Waals surface area contributed by atoms with Crippen LogP contribution in [0.1, 0.15) is 5.56 Å². The monoisotopic (exact) mass is 514 g/mol. The second-order valence-electron chi connectivity index (χ2n) is 8.15. The first-order chi connectivity index (χ1) is 17.3. The minimum atomic E-state index is -4.49. The molecule has 4 heterocycles. The molecule has 0 amide bonds.